The molecule has 0 atom stereocenters. The number of benzene rings is 1. The summed E-state index contributed by atoms with van der Waals surface area (Å²) in [5.74, 6) is 0.0109. The fraction of sp³-hybridized carbons (Fsp3) is 0.353. The fourth-order valence-corrected chi connectivity index (χ4v) is 2.62. The Morgan fingerprint density at radius 3 is 2.58 bits per heavy atom. The molecule has 1 N–H and O–H groups in total. The van der Waals surface area contributed by atoms with Crippen molar-refractivity contribution in [1.29, 1.82) is 0 Å². The van der Waals surface area contributed by atoms with Crippen LogP contribution in [0.2, 0.25) is 0 Å². The standard InChI is InChI=1S/C17H19N3O4/c1-17(23-11-12-24-17)9-10-18-15-8-7-14(20(21)22)16(19-15)13-5-3-2-4-6-13/h2-8H,9-12H2,1H3,(H,18,19). The molecule has 0 spiro atoms. The average Bonchev–Trinajstić information content (AvgIpc) is 3.02. The van der Waals surface area contributed by atoms with Crippen molar-refractivity contribution in [3.63, 3.8) is 0 Å². The van der Waals surface area contributed by atoms with E-state index in [1.165, 1.54) is 6.07 Å². The number of aromatic nitrogens is 1. The van der Waals surface area contributed by atoms with Gasteiger partial charge in [-0.05, 0) is 13.0 Å². The van der Waals surface area contributed by atoms with Gasteiger partial charge in [-0.15, -0.1) is 0 Å². The summed E-state index contributed by atoms with van der Waals surface area (Å²) >= 11 is 0. The molecule has 1 aromatic heterocycles. The third-order valence-electron chi connectivity index (χ3n) is 3.90. The van der Waals surface area contributed by atoms with E-state index in [9.17, 15) is 10.1 Å². The number of ether oxygens (including phenoxy) is 2. The van der Waals surface area contributed by atoms with Gasteiger partial charge in [0, 0.05) is 24.6 Å². The molecule has 0 saturated carbocycles. The lowest BCUT2D eigenvalue weighted by Crippen LogP contribution is -2.28. The molecule has 24 heavy (non-hydrogen) atoms. The van der Waals surface area contributed by atoms with Crippen LogP contribution in [0.3, 0.4) is 0 Å². The first kappa shape index (κ1) is 16.4. The van der Waals surface area contributed by atoms with Crippen LogP contribution in [0.25, 0.3) is 11.3 Å². The van der Waals surface area contributed by atoms with Crippen molar-refractivity contribution in [3.8, 4) is 11.3 Å². The van der Waals surface area contributed by atoms with Crippen molar-refractivity contribution in [1.82, 2.24) is 4.98 Å². The van der Waals surface area contributed by atoms with Crippen LogP contribution in [0.4, 0.5) is 11.5 Å². The highest BCUT2D eigenvalue weighted by Gasteiger charge is 2.30. The molecule has 7 heteroatoms. The van der Waals surface area contributed by atoms with Gasteiger partial charge in [-0.25, -0.2) is 4.98 Å². The lowest BCUT2D eigenvalue weighted by atomic mass is 10.1. The SMILES string of the molecule is CC1(CCNc2ccc([N+](=O)[O-])c(-c3ccccc3)n2)OCCO1. The second-order valence-corrected chi connectivity index (χ2v) is 5.69. The van der Waals surface area contributed by atoms with Gasteiger partial charge in [0.15, 0.2) is 11.5 Å². The van der Waals surface area contributed by atoms with Crippen LogP contribution in [0.5, 0.6) is 0 Å². The Morgan fingerprint density at radius 2 is 1.92 bits per heavy atom. The van der Waals surface area contributed by atoms with Gasteiger partial charge < -0.3 is 14.8 Å². The number of hydrogen-bond donors (Lipinski definition) is 1. The Morgan fingerprint density at radius 1 is 1.21 bits per heavy atom. The molecule has 1 aromatic carbocycles. The largest absolute Gasteiger partial charge is 0.370 e. The van der Waals surface area contributed by atoms with E-state index in [-0.39, 0.29) is 5.69 Å². The molecule has 2 heterocycles. The van der Waals surface area contributed by atoms with Gasteiger partial charge >= 0.3 is 0 Å². The van der Waals surface area contributed by atoms with Crippen LogP contribution in [-0.4, -0.2) is 35.5 Å². The number of hydrogen-bond acceptors (Lipinski definition) is 6. The number of nitrogens with one attached hydrogen (secondary N) is 1. The van der Waals surface area contributed by atoms with E-state index in [0.717, 1.165) is 0 Å². The molecular weight excluding hydrogens is 310 g/mol. The van der Waals surface area contributed by atoms with Crippen molar-refractivity contribution < 1.29 is 14.4 Å². The van der Waals surface area contributed by atoms with Crippen molar-refractivity contribution in [2.24, 2.45) is 0 Å². The lowest BCUT2D eigenvalue weighted by Gasteiger charge is -2.22. The maximum Gasteiger partial charge on any atom is 0.295 e. The van der Waals surface area contributed by atoms with Crippen LogP contribution < -0.4 is 5.32 Å². The van der Waals surface area contributed by atoms with Gasteiger partial charge in [0.2, 0.25) is 0 Å². The first-order valence-electron chi connectivity index (χ1n) is 7.80. The van der Waals surface area contributed by atoms with E-state index < -0.39 is 10.7 Å². The highest BCUT2D eigenvalue weighted by atomic mass is 16.7. The summed E-state index contributed by atoms with van der Waals surface area (Å²) in [6, 6.07) is 12.2. The predicted molar refractivity (Wildman–Crippen MR) is 89.7 cm³/mol. The molecule has 3 rings (SSSR count). The first-order chi connectivity index (χ1) is 11.6. The Bertz CT molecular complexity index is 715. The molecule has 0 aliphatic carbocycles. The van der Waals surface area contributed by atoms with Gasteiger partial charge in [-0.2, -0.15) is 0 Å². The summed E-state index contributed by atoms with van der Waals surface area (Å²) in [6.45, 7) is 3.70. The minimum atomic E-state index is -0.573. The molecule has 126 valence electrons. The van der Waals surface area contributed by atoms with Crippen LogP contribution in [0.1, 0.15) is 13.3 Å². The van der Waals surface area contributed by atoms with E-state index in [1.54, 1.807) is 18.2 Å². The van der Waals surface area contributed by atoms with Gasteiger partial charge in [0.25, 0.3) is 5.69 Å². The topological polar surface area (TPSA) is 86.5 Å². The molecule has 0 unspecified atom stereocenters. The maximum atomic E-state index is 11.2. The molecule has 7 nitrogen and oxygen atoms in total. The molecule has 1 saturated heterocycles. The fourth-order valence-electron chi connectivity index (χ4n) is 2.62. The monoisotopic (exact) mass is 329 g/mol. The normalized spacial score (nSPS) is 16.0. The number of rotatable bonds is 6. The molecule has 0 bridgehead atoms. The van der Waals surface area contributed by atoms with Crippen molar-refractivity contribution in [2.75, 3.05) is 25.1 Å². The van der Waals surface area contributed by atoms with Gasteiger partial charge in [-0.1, -0.05) is 30.3 Å². The minimum Gasteiger partial charge on any atom is -0.370 e. The molecule has 0 amide bonds. The molecule has 2 aromatic rings. The van der Waals surface area contributed by atoms with E-state index in [2.05, 4.69) is 10.3 Å². The van der Waals surface area contributed by atoms with Gasteiger partial charge in [0.1, 0.15) is 5.82 Å². The molecule has 1 fully saturated rings. The summed E-state index contributed by atoms with van der Waals surface area (Å²) in [5.41, 5.74) is 1.05. The lowest BCUT2D eigenvalue weighted by molar-refractivity contribution is -0.384. The smallest absolute Gasteiger partial charge is 0.295 e. The summed E-state index contributed by atoms with van der Waals surface area (Å²) in [5, 5.41) is 14.4. The third kappa shape index (κ3) is 3.69. The Hall–Kier alpha value is -2.51. The van der Waals surface area contributed by atoms with E-state index in [0.29, 0.717) is 43.3 Å². The van der Waals surface area contributed by atoms with Crippen molar-refractivity contribution in [2.45, 2.75) is 19.1 Å². The number of nitro groups is 1. The second kappa shape index (κ2) is 6.94. The highest BCUT2D eigenvalue weighted by molar-refractivity contribution is 5.71. The first-order valence-corrected chi connectivity index (χ1v) is 7.80. The van der Waals surface area contributed by atoms with E-state index in [1.807, 2.05) is 25.1 Å². The second-order valence-electron chi connectivity index (χ2n) is 5.69. The molecule has 1 aliphatic heterocycles. The Balaban J connectivity index is 1.76. The number of pyridine rings is 1. The molecule has 0 radical (unpaired) electrons. The van der Waals surface area contributed by atoms with Crippen molar-refractivity contribution >= 4 is 11.5 Å². The number of anilines is 1. The quantitative estimate of drug-likeness (QED) is 0.647. The molecular formula is C17H19N3O4. The summed E-state index contributed by atoms with van der Waals surface area (Å²) in [4.78, 5) is 15.2. The maximum absolute atomic E-state index is 11.2. The minimum absolute atomic E-state index is 0.0128. The van der Waals surface area contributed by atoms with E-state index >= 15 is 0 Å². The summed E-state index contributed by atoms with van der Waals surface area (Å²) in [6.07, 6.45) is 0.659. The van der Waals surface area contributed by atoms with Gasteiger partial charge in [-0.3, -0.25) is 10.1 Å². The van der Waals surface area contributed by atoms with Crippen LogP contribution in [-0.2, 0) is 9.47 Å². The summed E-state index contributed by atoms with van der Waals surface area (Å²) in [7, 11) is 0. The highest BCUT2D eigenvalue weighted by Crippen LogP contribution is 2.29. The third-order valence-corrected chi connectivity index (χ3v) is 3.90. The van der Waals surface area contributed by atoms with E-state index in [4.69, 9.17) is 9.47 Å². The Labute approximate surface area is 139 Å². The predicted octanol–water partition coefficient (Wildman–Crippen LogP) is 3.22. The van der Waals surface area contributed by atoms with Gasteiger partial charge in [0.05, 0.1) is 18.1 Å². The van der Waals surface area contributed by atoms with Crippen molar-refractivity contribution in [3.05, 3.63) is 52.6 Å². The van der Waals surface area contributed by atoms with Crippen LogP contribution in [0, 0.1) is 10.1 Å². The zero-order chi connectivity index (χ0) is 17.0. The zero-order valence-electron chi connectivity index (χ0n) is 13.4. The Kier molecular flexibility index (Phi) is 4.73. The van der Waals surface area contributed by atoms with Crippen LogP contribution in [0.15, 0.2) is 42.5 Å². The van der Waals surface area contributed by atoms with Crippen LogP contribution >= 0.6 is 0 Å². The molecule has 1 aliphatic rings. The average molecular weight is 329 g/mol. The zero-order valence-corrected chi connectivity index (χ0v) is 13.4. The summed E-state index contributed by atoms with van der Waals surface area (Å²) < 4.78 is 11.1. The number of nitrogens with zero attached hydrogens (tertiary/aromatic N) is 2.